The van der Waals surface area contributed by atoms with Crippen molar-refractivity contribution in [1.29, 1.82) is 0 Å². The normalized spacial score (nSPS) is 11.8. The van der Waals surface area contributed by atoms with Crippen molar-refractivity contribution in [2.24, 2.45) is 5.14 Å². The van der Waals surface area contributed by atoms with Gasteiger partial charge >= 0.3 is 10.1 Å². The lowest BCUT2D eigenvalue weighted by Crippen LogP contribution is -2.20. The topological polar surface area (TPSA) is 107 Å². The third-order valence-electron chi connectivity index (χ3n) is 4.04. The van der Waals surface area contributed by atoms with E-state index in [9.17, 15) is 16.8 Å². The molecule has 0 radical (unpaired) electrons. The molecule has 0 aliphatic rings. The molecule has 3 aromatic carbocycles. The van der Waals surface area contributed by atoms with Gasteiger partial charge in [-0.3, -0.25) is 0 Å². The second-order valence-electron chi connectivity index (χ2n) is 6.04. The van der Waals surface area contributed by atoms with Gasteiger partial charge in [0.2, 0.25) is 10.0 Å². The molecule has 0 saturated heterocycles. The Labute approximate surface area is 174 Å². The van der Waals surface area contributed by atoms with E-state index >= 15 is 0 Å². The van der Waals surface area contributed by atoms with E-state index in [0.717, 1.165) is 6.07 Å². The molecular formula is C19H17ClN2O5S2. The Kier molecular flexibility index (Phi) is 5.85. The van der Waals surface area contributed by atoms with Crippen molar-refractivity contribution in [2.45, 2.75) is 9.79 Å². The molecule has 2 N–H and O–H groups in total. The van der Waals surface area contributed by atoms with Crippen molar-refractivity contribution < 1.29 is 21.0 Å². The summed E-state index contributed by atoms with van der Waals surface area (Å²) in [5, 5.41) is 5.15. The van der Waals surface area contributed by atoms with Crippen LogP contribution in [0.3, 0.4) is 0 Å². The van der Waals surface area contributed by atoms with E-state index < -0.39 is 29.9 Å². The van der Waals surface area contributed by atoms with Crippen LogP contribution in [0.5, 0.6) is 5.75 Å². The number of anilines is 2. The number of primary sulfonamides is 1. The van der Waals surface area contributed by atoms with Gasteiger partial charge in [0.05, 0.1) is 10.7 Å². The van der Waals surface area contributed by atoms with Gasteiger partial charge in [0.15, 0.2) is 0 Å². The van der Waals surface area contributed by atoms with Crippen LogP contribution in [0, 0.1) is 0 Å². The molecule has 0 aromatic heterocycles. The van der Waals surface area contributed by atoms with Gasteiger partial charge < -0.3 is 9.08 Å². The zero-order valence-electron chi connectivity index (χ0n) is 15.2. The Bertz CT molecular complexity index is 1230. The molecule has 0 unspecified atom stereocenters. The highest BCUT2D eigenvalue weighted by Gasteiger charge is 2.27. The van der Waals surface area contributed by atoms with E-state index in [2.05, 4.69) is 0 Å². The third-order valence-corrected chi connectivity index (χ3v) is 6.70. The van der Waals surface area contributed by atoms with Gasteiger partial charge in [-0.15, -0.1) is 0 Å². The first kappa shape index (κ1) is 21.1. The smallest absolute Gasteiger partial charge is 0.340 e. The Hall–Kier alpha value is -2.59. The molecule has 0 heterocycles. The molecule has 0 fully saturated rings. The molecule has 7 nitrogen and oxygen atoms in total. The zero-order chi connectivity index (χ0) is 21.2. The quantitative estimate of drug-likeness (QED) is 0.573. The van der Waals surface area contributed by atoms with Crippen molar-refractivity contribution in [3.8, 4) is 5.75 Å². The Morgan fingerprint density at radius 1 is 0.862 bits per heavy atom. The van der Waals surface area contributed by atoms with Crippen molar-refractivity contribution >= 4 is 43.1 Å². The largest absolute Gasteiger partial charge is 0.379 e. The highest BCUT2D eigenvalue weighted by molar-refractivity contribution is 7.89. The predicted molar refractivity (Wildman–Crippen MR) is 112 cm³/mol. The molecule has 152 valence electrons. The van der Waals surface area contributed by atoms with Crippen LogP contribution in [-0.2, 0) is 20.1 Å². The minimum atomic E-state index is -4.40. The van der Waals surface area contributed by atoms with Crippen molar-refractivity contribution in [3.05, 3.63) is 77.8 Å². The van der Waals surface area contributed by atoms with Gasteiger partial charge in [-0.1, -0.05) is 48.0 Å². The number of halogens is 1. The van der Waals surface area contributed by atoms with Crippen molar-refractivity contribution in [1.82, 2.24) is 0 Å². The summed E-state index contributed by atoms with van der Waals surface area (Å²) in [5.74, 6) is 0.0613. The minimum absolute atomic E-state index is 0.0613. The van der Waals surface area contributed by atoms with Crippen LogP contribution < -0.4 is 14.2 Å². The standard InChI is InChI=1S/C19H17ClN2O5S2/c1-22(14-8-4-2-5-9-14)17-12-16(20)18(13-19(17)28(21,23)24)29(25,26)27-15-10-6-3-7-11-15/h2-13H,1H3,(H2,21,23,24). The summed E-state index contributed by atoms with van der Waals surface area (Å²) in [6, 6.07) is 18.8. The number of hydrogen-bond acceptors (Lipinski definition) is 6. The first-order valence-corrected chi connectivity index (χ1v) is 11.6. The van der Waals surface area contributed by atoms with E-state index in [0.29, 0.717) is 5.69 Å². The summed E-state index contributed by atoms with van der Waals surface area (Å²) < 4.78 is 54.9. The Morgan fingerprint density at radius 3 is 1.97 bits per heavy atom. The molecule has 10 heteroatoms. The van der Waals surface area contributed by atoms with Gasteiger partial charge in [0.25, 0.3) is 0 Å². The van der Waals surface area contributed by atoms with Gasteiger partial charge in [-0.25, -0.2) is 13.6 Å². The number of sulfonamides is 1. The molecule has 29 heavy (non-hydrogen) atoms. The van der Waals surface area contributed by atoms with E-state index in [4.69, 9.17) is 20.9 Å². The summed E-state index contributed by atoms with van der Waals surface area (Å²) in [6.45, 7) is 0. The fourth-order valence-corrected chi connectivity index (χ4v) is 4.94. The minimum Gasteiger partial charge on any atom is -0.379 e. The Morgan fingerprint density at radius 2 is 1.41 bits per heavy atom. The lowest BCUT2D eigenvalue weighted by molar-refractivity contribution is 0.486. The van der Waals surface area contributed by atoms with E-state index in [1.165, 1.54) is 18.2 Å². The fraction of sp³-hybridized carbons (Fsp3) is 0.0526. The van der Waals surface area contributed by atoms with Crippen molar-refractivity contribution in [2.75, 3.05) is 11.9 Å². The van der Waals surface area contributed by atoms with Gasteiger partial charge in [-0.05, 0) is 36.4 Å². The second kappa shape index (κ2) is 8.03. The molecule has 0 spiro atoms. The lowest BCUT2D eigenvalue weighted by atomic mass is 10.2. The van der Waals surface area contributed by atoms with Crippen LogP contribution in [0.2, 0.25) is 5.02 Å². The van der Waals surface area contributed by atoms with Crippen molar-refractivity contribution in [3.63, 3.8) is 0 Å². The summed E-state index contributed by atoms with van der Waals surface area (Å²) >= 11 is 6.21. The maximum absolute atomic E-state index is 12.7. The maximum Gasteiger partial charge on any atom is 0.340 e. The zero-order valence-corrected chi connectivity index (χ0v) is 17.6. The first-order chi connectivity index (χ1) is 13.6. The first-order valence-electron chi connectivity index (χ1n) is 8.24. The van der Waals surface area contributed by atoms with Crippen LogP contribution in [-0.4, -0.2) is 23.9 Å². The Balaban J connectivity index is 2.14. The molecule has 0 aliphatic carbocycles. The predicted octanol–water partition coefficient (Wildman–Crippen LogP) is 3.52. The fourth-order valence-electron chi connectivity index (χ4n) is 2.64. The maximum atomic E-state index is 12.7. The number of nitrogens with two attached hydrogens (primary N) is 1. The highest BCUT2D eigenvalue weighted by Crippen LogP contribution is 2.36. The summed E-state index contributed by atoms with van der Waals surface area (Å²) in [7, 11) is -7.07. The summed E-state index contributed by atoms with van der Waals surface area (Å²) in [5.41, 5.74) is 0.784. The molecule has 0 amide bonds. The number of para-hydroxylation sites is 2. The van der Waals surface area contributed by atoms with E-state index in [-0.39, 0.29) is 16.5 Å². The number of rotatable bonds is 6. The molecular weight excluding hydrogens is 436 g/mol. The van der Waals surface area contributed by atoms with Crippen LogP contribution >= 0.6 is 11.6 Å². The van der Waals surface area contributed by atoms with Crippen LogP contribution in [0.15, 0.2) is 82.6 Å². The average molecular weight is 453 g/mol. The number of nitrogens with zero attached hydrogens (tertiary/aromatic N) is 1. The monoisotopic (exact) mass is 452 g/mol. The number of benzene rings is 3. The molecule has 0 aliphatic heterocycles. The van der Waals surface area contributed by atoms with Gasteiger partial charge in [0.1, 0.15) is 15.5 Å². The van der Waals surface area contributed by atoms with Gasteiger partial charge in [-0.2, -0.15) is 8.42 Å². The number of hydrogen-bond donors (Lipinski definition) is 1. The lowest BCUT2D eigenvalue weighted by Gasteiger charge is -2.23. The van der Waals surface area contributed by atoms with E-state index in [1.54, 1.807) is 54.4 Å². The molecule has 0 saturated carbocycles. The van der Waals surface area contributed by atoms with Crippen LogP contribution in [0.25, 0.3) is 0 Å². The highest BCUT2D eigenvalue weighted by atomic mass is 35.5. The molecule has 0 atom stereocenters. The summed E-state index contributed by atoms with van der Waals surface area (Å²) in [6.07, 6.45) is 0. The molecule has 3 aromatic rings. The second-order valence-corrected chi connectivity index (χ2v) is 9.49. The van der Waals surface area contributed by atoms with Gasteiger partial charge in [0, 0.05) is 12.7 Å². The van der Waals surface area contributed by atoms with E-state index in [1.807, 2.05) is 6.07 Å². The molecule has 3 rings (SSSR count). The average Bonchev–Trinajstić information content (AvgIpc) is 2.67. The van der Waals surface area contributed by atoms with Crippen LogP contribution in [0.1, 0.15) is 0 Å². The SMILES string of the molecule is CN(c1ccccc1)c1cc(Cl)c(S(=O)(=O)Oc2ccccc2)cc1S(N)(=O)=O. The third kappa shape index (κ3) is 4.70. The summed E-state index contributed by atoms with van der Waals surface area (Å²) in [4.78, 5) is 0.640. The molecule has 0 bridgehead atoms. The van der Waals surface area contributed by atoms with Crippen LogP contribution in [0.4, 0.5) is 11.4 Å².